The van der Waals surface area contributed by atoms with Crippen molar-refractivity contribution in [2.45, 2.75) is 25.8 Å². The molecule has 0 aromatic carbocycles. The fourth-order valence-corrected chi connectivity index (χ4v) is 5.71. The lowest BCUT2D eigenvalue weighted by Gasteiger charge is -2.26. The van der Waals surface area contributed by atoms with Gasteiger partial charge in [-0.1, -0.05) is 12.5 Å². The summed E-state index contributed by atoms with van der Waals surface area (Å²) in [5.74, 6) is 0.705. The van der Waals surface area contributed by atoms with Crippen molar-refractivity contribution in [1.29, 1.82) is 0 Å². The molecule has 1 fully saturated rings. The predicted molar refractivity (Wildman–Crippen MR) is 142 cm³/mol. The summed E-state index contributed by atoms with van der Waals surface area (Å²) in [5.41, 5.74) is 7.38. The number of fused-ring (bicyclic) bond motifs is 2. The van der Waals surface area contributed by atoms with E-state index in [9.17, 15) is 0 Å². The van der Waals surface area contributed by atoms with Crippen molar-refractivity contribution in [3.05, 3.63) is 66.1 Å². The normalized spacial score (nSPS) is 14.7. The highest BCUT2D eigenvalue weighted by atomic mass is 32.1. The molecule has 6 aromatic heterocycles. The number of hydrogen-bond acceptors (Lipinski definition) is 7. The largest absolute Gasteiger partial charge is 0.336 e. The van der Waals surface area contributed by atoms with Crippen LogP contribution in [0.15, 0.2) is 60.5 Å². The molecule has 0 amide bonds. The fourth-order valence-electron chi connectivity index (χ4n) is 4.99. The Labute approximate surface area is 211 Å². The number of nitrogens with one attached hydrogen (secondary N) is 2. The van der Waals surface area contributed by atoms with E-state index < -0.39 is 0 Å². The molecule has 0 saturated carbocycles. The number of piperidine rings is 1. The molecule has 0 atom stereocenters. The van der Waals surface area contributed by atoms with Crippen molar-refractivity contribution < 1.29 is 0 Å². The van der Waals surface area contributed by atoms with Gasteiger partial charge in [0.05, 0.1) is 27.8 Å². The van der Waals surface area contributed by atoms with Crippen LogP contribution in [0.5, 0.6) is 0 Å². The zero-order chi connectivity index (χ0) is 23.9. The first kappa shape index (κ1) is 21.3. The van der Waals surface area contributed by atoms with Crippen LogP contribution in [0.4, 0.5) is 0 Å². The highest BCUT2D eigenvalue weighted by Crippen LogP contribution is 2.33. The Balaban J connectivity index is 1.26. The van der Waals surface area contributed by atoms with E-state index in [1.54, 1.807) is 11.3 Å². The maximum atomic E-state index is 4.91. The first-order chi connectivity index (χ1) is 17.8. The van der Waals surface area contributed by atoms with Gasteiger partial charge in [0.25, 0.3) is 0 Å². The highest BCUT2D eigenvalue weighted by molar-refractivity contribution is 7.13. The standard InChI is InChI=1S/C27H24N8S/c1-2-8-35(9-3-1)16-17-11-18(14-28-13-17)21-12-19-22(15-30-21)33-34-24(19)27-31-20-6-7-29-26(25(20)32-27)23-5-4-10-36-23/h4-7,10-15H,1-3,8-9,16H2,(H,31,32)(H,33,34). The van der Waals surface area contributed by atoms with Crippen molar-refractivity contribution in [1.82, 2.24) is 40.0 Å². The molecule has 2 N–H and O–H groups in total. The Morgan fingerprint density at radius 1 is 0.944 bits per heavy atom. The summed E-state index contributed by atoms with van der Waals surface area (Å²) in [5, 5.41) is 10.7. The van der Waals surface area contributed by atoms with Crippen LogP contribution in [0.2, 0.25) is 0 Å². The summed E-state index contributed by atoms with van der Waals surface area (Å²) in [6.45, 7) is 3.25. The van der Waals surface area contributed by atoms with Crippen molar-refractivity contribution >= 4 is 33.3 Å². The average molecular weight is 493 g/mol. The van der Waals surface area contributed by atoms with Crippen molar-refractivity contribution in [2.75, 3.05) is 13.1 Å². The summed E-state index contributed by atoms with van der Waals surface area (Å²) in [6, 6.07) is 10.3. The average Bonchev–Trinajstić information content (AvgIpc) is 3.68. The Morgan fingerprint density at radius 2 is 1.89 bits per heavy atom. The van der Waals surface area contributed by atoms with Crippen LogP contribution in [0, 0.1) is 0 Å². The van der Waals surface area contributed by atoms with Gasteiger partial charge in [0, 0.05) is 36.1 Å². The van der Waals surface area contributed by atoms with E-state index >= 15 is 0 Å². The molecular formula is C27H24N8S. The lowest BCUT2D eigenvalue weighted by atomic mass is 10.1. The third-order valence-corrected chi connectivity index (χ3v) is 7.65. The third kappa shape index (κ3) is 3.86. The molecule has 7 rings (SSSR count). The molecule has 0 bridgehead atoms. The van der Waals surface area contributed by atoms with Crippen molar-refractivity contribution in [3.8, 4) is 33.3 Å². The molecule has 9 heteroatoms. The van der Waals surface area contributed by atoms with E-state index in [-0.39, 0.29) is 0 Å². The molecule has 6 aromatic rings. The van der Waals surface area contributed by atoms with Gasteiger partial charge in [-0.3, -0.25) is 25.0 Å². The molecule has 36 heavy (non-hydrogen) atoms. The first-order valence-electron chi connectivity index (χ1n) is 12.2. The van der Waals surface area contributed by atoms with Gasteiger partial charge in [-0.25, -0.2) is 4.98 Å². The minimum absolute atomic E-state index is 0.705. The SMILES string of the molecule is c1csc(-c2nccc3[nH]c(-c4n[nH]c5cnc(-c6cncc(CN7CCCCC7)c6)cc45)nc23)c1. The summed E-state index contributed by atoms with van der Waals surface area (Å²) < 4.78 is 0. The van der Waals surface area contributed by atoms with Gasteiger partial charge in [-0.15, -0.1) is 11.3 Å². The monoisotopic (exact) mass is 492 g/mol. The molecule has 178 valence electrons. The topological polar surface area (TPSA) is 99.3 Å². The lowest BCUT2D eigenvalue weighted by molar-refractivity contribution is 0.220. The van der Waals surface area contributed by atoms with Crippen LogP contribution >= 0.6 is 11.3 Å². The summed E-state index contributed by atoms with van der Waals surface area (Å²) in [6.07, 6.45) is 11.4. The van der Waals surface area contributed by atoms with E-state index in [1.165, 1.54) is 24.8 Å². The van der Waals surface area contributed by atoms with Gasteiger partial charge in [0.1, 0.15) is 16.9 Å². The van der Waals surface area contributed by atoms with E-state index in [0.29, 0.717) is 5.82 Å². The number of nitrogens with zero attached hydrogens (tertiary/aromatic N) is 6. The van der Waals surface area contributed by atoms with Gasteiger partial charge in [-0.2, -0.15) is 5.10 Å². The van der Waals surface area contributed by atoms with E-state index in [2.05, 4.69) is 53.6 Å². The van der Waals surface area contributed by atoms with Crippen LogP contribution in [0.25, 0.3) is 55.3 Å². The smallest absolute Gasteiger partial charge is 0.159 e. The number of hydrogen-bond donors (Lipinski definition) is 2. The second-order valence-electron chi connectivity index (χ2n) is 9.22. The van der Waals surface area contributed by atoms with Crippen LogP contribution < -0.4 is 0 Å². The second kappa shape index (κ2) is 8.92. The molecule has 1 saturated heterocycles. The van der Waals surface area contributed by atoms with E-state index in [1.807, 2.05) is 36.9 Å². The molecule has 0 spiro atoms. The Kier molecular flexibility index (Phi) is 5.29. The van der Waals surface area contributed by atoms with Crippen LogP contribution in [0.1, 0.15) is 24.8 Å². The maximum Gasteiger partial charge on any atom is 0.159 e. The third-order valence-electron chi connectivity index (χ3n) is 6.77. The molecule has 8 nitrogen and oxygen atoms in total. The fraction of sp³-hybridized carbons (Fsp3) is 0.222. The van der Waals surface area contributed by atoms with Crippen LogP contribution in [-0.2, 0) is 6.54 Å². The Bertz CT molecular complexity index is 1660. The Morgan fingerprint density at radius 3 is 2.78 bits per heavy atom. The lowest BCUT2D eigenvalue weighted by Crippen LogP contribution is -2.29. The number of aromatic nitrogens is 7. The van der Waals surface area contributed by atoms with Gasteiger partial charge >= 0.3 is 0 Å². The highest BCUT2D eigenvalue weighted by Gasteiger charge is 2.17. The molecule has 1 aliphatic rings. The van der Waals surface area contributed by atoms with Crippen LogP contribution in [-0.4, -0.2) is 53.1 Å². The quantitative estimate of drug-likeness (QED) is 0.322. The molecular weight excluding hydrogens is 468 g/mol. The molecule has 0 radical (unpaired) electrons. The van der Waals surface area contributed by atoms with E-state index in [0.717, 1.165) is 69.1 Å². The van der Waals surface area contributed by atoms with Gasteiger partial charge in [-0.05, 0) is 61.1 Å². The number of imidazole rings is 1. The number of rotatable bonds is 5. The zero-order valence-corrected chi connectivity index (χ0v) is 20.4. The number of H-pyrrole nitrogens is 2. The summed E-state index contributed by atoms with van der Waals surface area (Å²) >= 11 is 1.66. The molecule has 1 aliphatic heterocycles. The molecule has 0 aliphatic carbocycles. The van der Waals surface area contributed by atoms with Gasteiger partial charge < -0.3 is 4.98 Å². The number of thiophene rings is 1. The van der Waals surface area contributed by atoms with Crippen molar-refractivity contribution in [2.24, 2.45) is 0 Å². The summed E-state index contributed by atoms with van der Waals surface area (Å²) in [4.78, 5) is 25.8. The van der Waals surface area contributed by atoms with Gasteiger partial charge in [0.2, 0.25) is 0 Å². The predicted octanol–water partition coefficient (Wildman–Crippen LogP) is 5.67. The number of likely N-dealkylation sites (tertiary alicyclic amines) is 1. The summed E-state index contributed by atoms with van der Waals surface area (Å²) in [7, 11) is 0. The number of aromatic amines is 2. The minimum Gasteiger partial charge on any atom is -0.336 e. The van der Waals surface area contributed by atoms with Gasteiger partial charge in [0.15, 0.2) is 5.82 Å². The van der Waals surface area contributed by atoms with E-state index in [4.69, 9.17) is 9.97 Å². The van der Waals surface area contributed by atoms with Crippen LogP contribution in [0.3, 0.4) is 0 Å². The minimum atomic E-state index is 0.705. The van der Waals surface area contributed by atoms with Crippen molar-refractivity contribution in [3.63, 3.8) is 0 Å². The first-order valence-corrected chi connectivity index (χ1v) is 13.1. The zero-order valence-electron chi connectivity index (χ0n) is 19.6. The maximum absolute atomic E-state index is 4.91. The number of pyridine rings is 3. The molecule has 7 heterocycles. The molecule has 0 unspecified atom stereocenters. The second-order valence-corrected chi connectivity index (χ2v) is 10.2. The Hall–Kier alpha value is -3.95.